The summed E-state index contributed by atoms with van der Waals surface area (Å²) in [5, 5.41) is 8.86. The zero-order valence-electron chi connectivity index (χ0n) is 21.7. The van der Waals surface area contributed by atoms with E-state index in [4.69, 9.17) is 24.4 Å². The van der Waals surface area contributed by atoms with Crippen LogP contribution in [0.3, 0.4) is 0 Å². The summed E-state index contributed by atoms with van der Waals surface area (Å²) in [4.78, 5) is 39.2. The number of ether oxygens (including phenoxy) is 2. The van der Waals surface area contributed by atoms with Crippen molar-refractivity contribution in [2.24, 2.45) is 0 Å². The fourth-order valence-electron chi connectivity index (χ4n) is 4.43. The second-order valence-electron chi connectivity index (χ2n) is 9.34. The number of nitrogens with zero attached hydrogens (tertiary/aromatic N) is 6. The third-order valence-electron chi connectivity index (χ3n) is 6.45. The fraction of sp³-hybridized carbons (Fsp3) is 0.333. The van der Waals surface area contributed by atoms with E-state index in [9.17, 15) is 4.79 Å². The largest absolute Gasteiger partial charge is 0.379 e. The first-order valence-corrected chi connectivity index (χ1v) is 13.9. The number of thiophene rings is 1. The Hall–Kier alpha value is -3.88. The molecule has 0 radical (unpaired) electrons. The van der Waals surface area contributed by atoms with Gasteiger partial charge in [-0.2, -0.15) is 0 Å². The lowest BCUT2D eigenvalue weighted by Gasteiger charge is -2.25. The maximum absolute atomic E-state index is 12.3. The van der Waals surface area contributed by atoms with Crippen LogP contribution in [0.1, 0.15) is 16.8 Å². The smallest absolute Gasteiger partial charge is 0.323 e. The third kappa shape index (κ3) is 6.63. The number of morpholine rings is 2. The van der Waals surface area contributed by atoms with Gasteiger partial charge < -0.3 is 25.4 Å². The minimum absolute atomic E-state index is 0.256. The summed E-state index contributed by atoms with van der Waals surface area (Å²) in [6, 6.07) is 11.2. The molecule has 2 fully saturated rings. The van der Waals surface area contributed by atoms with Crippen LogP contribution in [-0.2, 0) is 16.0 Å². The van der Waals surface area contributed by atoms with Crippen molar-refractivity contribution < 1.29 is 14.3 Å². The normalized spacial score (nSPS) is 17.9. The number of amides is 2. The Morgan fingerprint density at radius 1 is 0.950 bits per heavy atom. The van der Waals surface area contributed by atoms with Crippen molar-refractivity contribution in [3.63, 3.8) is 0 Å². The number of urea groups is 1. The van der Waals surface area contributed by atoms with Gasteiger partial charge in [0.1, 0.15) is 12.4 Å². The Morgan fingerprint density at radius 3 is 2.50 bits per heavy atom. The zero-order chi connectivity index (χ0) is 27.1. The maximum atomic E-state index is 12.3. The van der Waals surface area contributed by atoms with Crippen molar-refractivity contribution in [3.8, 4) is 22.1 Å². The Kier molecular flexibility index (Phi) is 8.25. The first kappa shape index (κ1) is 26.3. The van der Waals surface area contributed by atoms with Crippen molar-refractivity contribution in [1.82, 2.24) is 35.1 Å². The molecular weight excluding hydrogens is 530 g/mol. The molecule has 3 aromatic heterocycles. The van der Waals surface area contributed by atoms with Gasteiger partial charge in [0.05, 0.1) is 42.8 Å². The van der Waals surface area contributed by atoms with Crippen LogP contribution >= 0.6 is 11.3 Å². The van der Waals surface area contributed by atoms with Crippen LogP contribution in [0.4, 0.5) is 16.2 Å². The van der Waals surface area contributed by atoms with Gasteiger partial charge in [-0.05, 0) is 36.4 Å². The number of nitrogens with one attached hydrogen (secondary N) is 3. The van der Waals surface area contributed by atoms with Gasteiger partial charge in [0, 0.05) is 48.9 Å². The van der Waals surface area contributed by atoms with Crippen LogP contribution in [-0.4, -0.2) is 81.9 Å². The minimum Gasteiger partial charge on any atom is -0.379 e. The highest BCUT2D eigenvalue weighted by molar-refractivity contribution is 7.15. The molecule has 1 aromatic carbocycles. The molecule has 2 aliphatic rings. The summed E-state index contributed by atoms with van der Waals surface area (Å²) in [5.74, 6) is 1.77. The van der Waals surface area contributed by atoms with Crippen LogP contribution in [0.15, 0.2) is 55.1 Å². The van der Waals surface area contributed by atoms with Gasteiger partial charge in [-0.25, -0.2) is 29.7 Å². The summed E-state index contributed by atoms with van der Waals surface area (Å²) >= 11 is 1.69. The lowest BCUT2D eigenvalue weighted by atomic mass is 10.2. The van der Waals surface area contributed by atoms with Gasteiger partial charge in [0.2, 0.25) is 0 Å². The predicted molar refractivity (Wildman–Crippen MR) is 151 cm³/mol. The van der Waals surface area contributed by atoms with E-state index < -0.39 is 0 Å². The highest BCUT2D eigenvalue weighted by Crippen LogP contribution is 2.30. The van der Waals surface area contributed by atoms with Gasteiger partial charge in [-0.3, -0.25) is 4.90 Å². The Bertz CT molecular complexity index is 1420. The number of rotatable bonds is 7. The van der Waals surface area contributed by atoms with Crippen LogP contribution in [0.5, 0.6) is 0 Å². The van der Waals surface area contributed by atoms with E-state index in [1.165, 1.54) is 23.6 Å². The van der Waals surface area contributed by atoms with E-state index in [2.05, 4.69) is 43.0 Å². The molecule has 0 bridgehead atoms. The predicted octanol–water partition coefficient (Wildman–Crippen LogP) is 3.19. The molecule has 2 aliphatic heterocycles. The molecule has 5 heterocycles. The lowest BCUT2D eigenvalue weighted by Crippen LogP contribution is -2.35. The van der Waals surface area contributed by atoms with E-state index in [1.807, 2.05) is 24.3 Å². The summed E-state index contributed by atoms with van der Waals surface area (Å²) in [7, 11) is 0. The average Bonchev–Trinajstić information content (AvgIpc) is 3.47. The number of carbonyl (C=O) groups excluding carboxylic acids is 1. The number of benzene rings is 1. The van der Waals surface area contributed by atoms with Crippen molar-refractivity contribution in [1.29, 1.82) is 0 Å². The van der Waals surface area contributed by atoms with E-state index in [1.54, 1.807) is 11.3 Å². The van der Waals surface area contributed by atoms with Crippen LogP contribution in [0.2, 0.25) is 0 Å². The van der Waals surface area contributed by atoms with Gasteiger partial charge in [0.15, 0.2) is 17.5 Å². The number of carbonyl (C=O) groups is 1. The molecule has 206 valence electrons. The fourth-order valence-corrected chi connectivity index (χ4v) is 5.41. The molecule has 1 atom stereocenters. The molecule has 13 heteroatoms. The second kappa shape index (κ2) is 12.5. The van der Waals surface area contributed by atoms with Crippen molar-refractivity contribution >= 4 is 28.7 Å². The van der Waals surface area contributed by atoms with Gasteiger partial charge in [-0.1, -0.05) is 0 Å². The quantitative estimate of drug-likeness (QED) is 0.309. The van der Waals surface area contributed by atoms with Gasteiger partial charge in [-0.15, -0.1) is 11.3 Å². The maximum Gasteiger partial charge on any atom is 0.323 e. The third-order valence-corrected chi connectivity index (χ3v) is 7.52. The summed E-state index contributed by atoms with van der Waals surface area (Å²) < 4.78 is 11.4. The summed E-state index contributed by atoms with van der Waals surface area (Å²) in [6.07, 6.45) is 4.19. The highest BCUT2D eigenvalue weighted by atomic mass is 32.1. The lowest BCUT2D eigenvalue weighted by molar-refractivity contribution is 0.0221. The molecule has 0 aliphatic carbocycles. The molecule has 2 amide bonds. The Labute approximate surface area is 235 Å². The molecule has 6 rings (SSSR count). The number of aromatic nitrogens is 5. The van der Waals surface area contributed by atoms with Crippen molar-refractivity contribution in [2.75, 3.05) is 56.6 Å². The van der Waals surface area contributed by atoms with E-state index in [-0.39, 0.29) is 12.1 Å². The summed E-state index contributed by atoms with van der Waals surface area (Å²) in [6.45, 7) is 6.34. The standard InChI is InChI=1S/C27H29N9O3S/c37-27(32-20-13-29-17-30-14-20)31-19-3-1-18(2-4-19)24-33-25(22-15-28-7-10-39-22)35-26(34-24)23-6-5-21(40-23)16-36-8-11-38-12-9-36/h1-6,13-14,17,22,28H,7-12,15-16H2,(H2,31,32,37). The molecule has 12 nitrogen and oxygen atoms in total. The summed E-state index contributed by atoms with van der Waals surface area (Å²) in [5.41, 5.74) is 1.93. The van der Waals surface area contributed by atoms with Gasteiger partial charge >= 0.3 is 6.03 Å². The molecule has 2 saturated heterocycles. The second-order valence-corrected chi connectivity index (χ2v) is 10.5. The van der Waals surface area contributed by atoms with Crippen LogP contribution < -0.4 is 16.0 Å². The molecule has 40 heavy (non-hydrogen) atoms. The monoisotopic (exact) mass is 559 g/mol. The molecule has 1 unspecified atom stereocenters. The molecular formula is C27H29N9O3S. The van der Waals surface area contributed by atoms with E-state index in [0.29, 0.717) is 42.0 Å². The number of hydrogen-bond acceptors (Lipinski definition) is 11. The van der Waals surface area contributed by atoms with Crippen molar-refractivity contribution in [2.45, 2.75) is 12.6 Å². The number of hydrogen-bond donors (Lipinski definition) is 3. The first-order valence-electron chi connectivity index (χ1n) is 13.1. The van der Waals surface area contributed by atoms with E-state index >= 15 is 0 Å². The topological polar surface area (TPSA) is 139 Å². The molecule has 0 saturated carbocycles. The van der Waals surface area contributed by atoms with E-state index in [0.717, 1.165) is 49.8 Å². The minimum atomic E-state index is -0.389. The van der Waals surface area contributed by atoms with Gasteiger partial charge in [0.25, 0.3) is 0 Å². The number of anilines is 2. The van der Waals surface area contributed by atoms with Crippen molar-refractivity contribution in [3.05, 3.63) is 65.8 Å². The first-order chi connectivity index (χ1) is 19.7. The Morgan fingerprint density at radius 2 is 1.73 bits per heavy atom. The van der Waals surface area contributed by atoms with Crippen LogP contribution in [0, 0.1) is 0 Å². The molecule has 0 spiro atoms. The molecule has 3 N–H and O–H groups in total. The average molecular weight is 560 g/mol. The SMILES string of the molecule is O=C(Nc1ccc(-c2nc(-c3ccc(CN4CCOCC4)s3)nc(C3CNCCO3)n2)cc1)Nc1cncnc1. The highest BCUT2D eigenvalue weighted by Gasteiger charge is 2.22. The molecule has 4 aromatic rings. The zero-order valence-corrected chi connectivity index (χ0v) is 22.6. The van der Waals surface area contributed by atoms with Crippen LogP contribution in [0.25, 0.3) is 22.1 Å². The Balaban J connectivity index is 1.22.